The SMILES string of the molecule is CCOC(=O)C1CN(C)CC1c1ccc(C(F)(F)F)cc1. The van der Waals surface area contributed by atoms with Crippen LogP contribution in [0.2, 0.25) is 0 Å². The van der Waals surface area contributed by atoms with Crippen molar-refractivity contribution in [3.63, 3.8) is 0 Å². The number of carbonyl (C=O) groups is 1. The minimum atomic E-state index is -4.34. The summed E-state index contributed by atoms with van der Waals surface area (Å²) in [5.74, 6) is -0.741. The summed E-state index contributed by atoms with van der Waals surface area (Å²) in [6.07, 6.45) is -4.34. The van der Waals surface area contributed by atoms with Crippen LogP contribution in [-0.4, -0.2) is 37.6 Å². The molecule has 116 valence electrons. The quantitative estimate of drug-likeness (QED) is 0.804. The van der Waals surface area contributed by atoms with Crippen LogP contribution in [0.25, 0.3) is 0 Å². The van der Waals surface area contributed by atoms with E-state index in [0.29, 0.717) is 19.7 Å². The van der Waals surface area contributed by atoms with Gasteiger partial charge in [0.1, 0.15) is 0 Å². The third kappa shape index (κ3) is 3.56. The number of likely N-dealkylation sites (tertiary alicyclic amines) is 1. The second kappa shape index (κ2) is 6.05. The maximum absolute atomic E-state index is 12.6. The summed E-state index contributed by atoms with van der Waals surface area (Å²) in [7, 11) is 1.89. The monoisotopic (exact) mass is 301 g/mol. The molecular formula is C15H18F3NO2. The van der Waals surface area contributed by atoms with Gasteiger partial charge < -0.3 is 9.64 Å². The van der Waals surface area contributed by atoms with Gasteiger partial charge in [-0.3, -0.25) is 4.79 Å². The molecule has 0 amide bonds. The van der Waals surface area contributed by atoms with Crippen molar-refractivity contribution < 1.29 is 22.7 Å². The molecule has 0 spiro atoms. The molecular weight excluding hydrogens is 283 g/mol. The summed E-state index contributed by atoms with van der Waals surface area (Å²) in [5, 5.41) is 0. The summed E-state index contributed by atoms with van der Waals surface area (Å²) in [4.78, 5) is 14.0. The van der Waals surface area contributed by atoms with E-state index in [9.17, 15) is 18.0 Å². The standard InChI is InChI=1S/C15H18F3NO2/c1-3-21-14(20)13-9-19(2)8-12(13)10-4-6-11(7-5-10)15(16,17)18/h4-7,12-13H,3,8-9H2,1-2H3. The summed E-state index contributed by atoms with van der Waals surface area (Å²) >= 11 is 0. The molecule has 0 saturated carbocycles. The molecule has 6 heteroatoms. The Morgan fingerprint density at radius 3 is 2.43 bits per heavy atom. The Balaban J connectivity index is 2.21. The van der Waals surface area contributed by atoms with E-state index in [1.165, 1.54) is 12.1 Å². The van der Waals surface area contributed by atoms with E-state index in [4.69, 9.17) is 4.74 Å². The minimum absolute atomic E-state index is 0.128. The van der Waals surface area contributed by atoms with Crippen LogP contribution in [0.15, 0.2) is 24.3 Å². The van der Waals surface area contributed by atoms with Gasteiger partial charge in [0.15, 0.2) is 0 Å². The van der Waals surface area contributed by atoms with Gasteiger partial charge in [0.2, 0.25) is 0 Å². The van der Waals surface area contributed by atoms with Crippen LogP contribution in [0, 0.1) is 5.92 Å². The molecule has 2 rings (SSSR count). The number of halogens is 3. The Hall–Kier alpha value is -1.56. The first-order valence-corrected chi connectivity index (χ1v) is 6.85. The molecule has 1 fully saturated rings. The second-order valence-electron chi connectivity index (χ2n) is 5.31. The van der Waals surface area contributed by atoms with Gasteiger partial charge in [-0.2, -0.15) is 13.2 Å². The summed E-state index contributed by atoms with van der Waals surface area (Å²) < 4.78 is 42.8. The second-order valence-corrected chi connectivity index (χ2v) is 5.31. The van der Waals surface area contributed by atoms with Gasteiger partial charge in [-0.05, 0) is 31.7 Å². The number of hydrogen-bond donors (Lipinski definition) is 0. The summed E-state index contributed by atoms with van der Waals surface area (Å²) in [5.41, 5.74) is 0.0655. The predicted octanol–water partition coefficient (Wildman–Crippen LogP) is 2.91. The van der Waals surface area contributed by atoms with Crippen LogP contribution in [0.1, 0.15) is 24.0 Å². The number of carbonyl (C=O) groups excluding carboxylic acids is 1. The molecule has 0 radical (unpaired) electrons. The average molecular weight is 301 g/mol. The van der Waals surface area contributed by atoms with E-state index >= 15 is 0 Å². The highest BCUT2D eigenvalue weighted by Gasteiger charge is 2.38. The molecule has 1 heterocycles. The van der Waals surface area contributed by atoms with Crippen LogP contribution in [-0.2, 0) is 15.7 Å². The maximum atomic E-state index is 12.6. The van der Waals surface area contributed by atoms with Crippen LogP contribution in [0.5, 0.6) is 0 Å². The van der Waals surface area contributed by atoms with Crippen LogP contribution in [0.4, 0.5) is 13.2 Å². The lowest BCUT2D eigenvalue weighted by Gasteiger charge is -2.18. The van der Waals surface area contributed by atoms with Crippen molar-refractivity contribution in [1.29, 1.82) is 0 Å². The average Bonchev–Trinajstić information content (AvgIpc) is 2.80. The van der Waals surface area contributed by atoms with Crippen molar-refractivity contribution in [3.05, 3.63) is 35.4 Å². The molecule has 21 heavy (non-hydrogen) atoms. The van der Waals surface area contributed by atoms with E-state index in [0.717, 1.165) is 17.7 Å². The number of ether oxygens (including phenoxy) is 1. The molecule has 1 aliphatic rings. The number of nitrogens with zero attached hydrogens (tertiary/aromatic N) is 1. The molecule has 0 N–H and O–H groups in total. The Morgan fingerprint density at radius 1 is 1.29 bits per heavy atom. The normalized spacial score (nSPS) is 23.3. The Labute approximate surface area is 121 Å². The molecule has 0 aliphatic carbocycles. The molecule has 0 bridgehead atoms. The zero-order valence-electron chi connectivity index (χ0n) is 12.0. The topological polar surface area (TPSA) is 29.5 Å². The zero-order valence-corrected chi connectivity index (χ0v) is 12.0. The lowest BCUT2D eigenvalue weighted by Crippen LogP contribution is -2.24. The first-order valence-electron chi connectivity index (χ1n) is 6.85. The maximum Gasteiger partial charge on any atom is 0.416 e. The van der Waals surface area contributed by atoms with Gasteiger partial charge in [0, 0.05) is 19.0 Å². The molecule has 3 nitrogen and oxygen atoms in total. The fourth-order valence-electron chi connectivity index (χ4n) is 2.75. The third-order valence-corrected chi connectivity index (χ3v) is 3.76. The van der Waals surface area contributed by atoms with Crippen LogP contribution in [0.3, 0.4) is 0 Å². The van der Waals surface area contributed by atoms with Gasteiger partial charge >= 0.3 is 12.1 Å². The predicted molar refractivity (Wildman–Crippen MR) is 71.8 cm³/mol. The number of rotatable bonds is 3. The van der Waals surface area contributed by atoms with Crippen molar-refractivity contribution in [3.8, 4) is 0 Å². The van der Waals surface area contributed by atoms with Gasteiger partial charge in [0.05, 0.1) is 18.1 Å². The zero-order chi connectivity index (χ0) is 15.6. The molecule has 2 unspecified atom stereocenters. The lowest BCUT2D eigenvalue weighted by molar-refractivity contribution is -0.148. The summed E-state index contributed by atoms with van der Waals surface area (Å²) in [6.45, 7) is 3.24. The number of likely N-dealkylation sites (N-methyl/N-ethyl adjacent to an activating group) is 1. The minimum Gasteiger partial charge on any atom is -0.466 e. The highest BCUT2D eigenvalue weighted by Crippen LogP contribution is 2.35. The van der Waals surface area contributed by atoms with Crippen molar-refractivity contribution in [1.82, 2.24) is 4.90 Å². The van der Waals surface area contributed by atoms with Gasteiger partial charge in [0.25, 0.3) is 0 Å². The van der Waals surface area contributed by atoms with E-state index in [1.54, 1.807) is 6.92 Å². The van der Waals surface area contributed by atoms with Crippen molar-refractivity contribution >= 4 is 5.97 Å². The fraction of sp³-hybridized carbons (Fsp3) is 0.533. The largest absolute Gasteiger partial charge is 0.466 e. The Kier molecular flexibility index (Phi) is 4.56. The van der Waals surface area contributed by atoms with Gasteiger partial charge in [-0.1, -0.05) is 12.1 Å². The number of hydrogen-bond acceptors (Lipinski definition) is 3. The highest BCUT2D eigenvalue weighted by atomic mass is 19.4. The molecule has 1 aromatic carbocycles. The van der Waals surface area contributed by atoms with Crippen molar-refractivity contribution in [2.75, 3.05) is 26.7 Å². The molecule has 1 aliphatic heterocycles. The fourth-order valence-corrected chi connectivity index (χ4v) is 2.75. The molecule has 2 atom stereocenters. The molecule has 1 aromatic rings. The van der Waals surface area contributed by atoms with Crippen LogP contribution < -0.4 is 0 Å². The lowest BCUT2D eigenvalue weighted by atomic mass is 9.88. The van der Waals surface area contributed by atoms with Gasteiger partial charge in [-0.25, -0.2) is 0 Å². The molecule has 0 aromatic heterocycles. The smallest absolute Gasteiger partial charge is 0.416 e. The van der Waals surface area contributed by atoms with Crippen molar-refractivity contribution in [2.45, 2.75) is 19.0 Å². The van der Waals surface area contributed by atoms with Crippen molar-refractivity contribution in [2.24, 2.45) is 5.92 Å². The van der Waals surface area contributed by atoms with E-state index < -0.39 is 11.7 Å². The Morgan fingerprint density at radius 2 is 1.90 bits per heavy atom. The first-order chi connectivity index (χ1) is 9.82. The van der Waals surface area contributed by atoms with E-state index in [2.05, 4.69) is 0 Å². The van der Waals surface area contributed by atoms with Crippen LogP contribution >= 0.6 is 0 Å². The first kappa shape index (κ1) is 15.8. The molecule has 1 saturated heterocycles. The van der Waals surface area contributed by atoms with E-state index in [-0.39, 0.29) is 17.8 Å². The number of benzene rings is 1. The van der Waals surface area contributed by atoms with Gasteiger partial charge in [-0.15, -0.1) is 0 Å². The Bertz CT molecular complexity index is 499. The summed E-state index contributed by atoms with van der Waals surface area (Å²) in [6, 6.07) is 5.05. The van der Waals surface area contributed by atoms with E-state index in [1.807, 2.05) is 11.9 Å². The number of alkyl halides is 3. The number of esters is 1. The third-order valence-electron chi connectivity index (χ3n) is 3.76. The highest BCUT2D eigenvalue weighted by molar-refractivity contribution is 5.74.